The van der Waals surface area contributed by atoms with Crippen LogP contribution in [-0.4, -0.2) is 29.4 Å². The van der Waals surface area contributed by atoms with Crippen molar-refractivity contribution in [2.75, 3.05) is 24.7 Å². The molecule has 0 aliphatic carbocycles. The molecular formula is C13H16FN3OS. The predicted molar refractivity (Wildman–Crippen MR) is 76.6 cm³/mol. The third-order valence-corrected chi connectivity index (χ3v) is 3.28. The van der Waals surface area contributed by atoms with Crippen LogP contribution in [-0.2, 0) is 0 Å². The minimum Gasteiger partial charge on any atom is -0.489 e. The monoisotopic (exact) mass is 281 g/mol. The smallest absolute Gasteiger partial charge is 0.190 e. The van der Waals surface area contributed by atoms with E-state index in [1.54, 1.807) is 13.1 Å². The summed E-state index contributed by atoms with van der Waals surface area (Å²) in [6.07, 6.45) is 0. The first-order valence-corrected chi connectivity index (χ1v) is 7.13. The van der Waals surface area contributed by atoms with E-state index in [9.17, 15) is 4.39 Å². The number of hydrogen-bond acceptors (Lipinski definition) is 5. The van der Waals surface area contributed by atoms with Crippen LogP contribution in [0.4, 0.5) is 10.2 Å². The molecule has 0 spiro atoms. The largest absolute Gasteiger partial charge is 0.489 e. The second-order valence-corrected chi connectivity index (χ2v) is 4.97. The molecule has 0 radical (unpaired) electrons. The summed E-state index contributed by atoms with van der Waals surface area (Å²) in [5.74, 6) is 1.33. The van der Waals surface area contributed by atoms with E-state index in [2.05, 4.69) is 15.3 Å². The average Bonchev–Trinajstić information content (AvgIpc) is 2.41. The van der Waals surface area contributed by atoms with Gasteiger partial charge < -0.3 is 10.1 Å². The summed E-state index contributed by atoms with van der Waals surface area (Å²) in [7, 11) is 1.78. The highest BCUT2D eigenvalue weighted by molar-refractivity contribution is 7.99. The van der Waals surface area contributed by atoms with Gasteiger partial charge in [-0.05, 0) is 24.8 Å². The fourth-order valence-corrected chi connectivity index (χ4v) is 2.36. The number of nitrogens with zero attached hydrogens (tertiary/aromatic N) is 2. The van der Waals surface area contributed by atoms with Crippen LogP contribution >= 0.6 is 11.8 Å². The van der Waals surface area contributed by atoms with Gasteiger partial charge in [0, 0.05) is 12.4 Å². The Bertz CT molecular complexity index is 592. The maximum atomic E-state index is 13.8. The minimum atomic E-state index is -0.400. The summed E-state index contributed by atoms with van der Waals surface area (Å²) >= 11 is 1.51. The summed E-state index contributed by atoms with van der Waals surface area (Å²) in [5.41, 5.74) is 0.511. The van der Waals surface area contributed by atoms with Crippen molar-refractivity contribution in [3.8, 4) is 5.75 Å². The highest BCUT2D eigenvalue weighted by atomic mass is 32.2. The summed E-state index contributed by atoms with van der Waals surface area (Å²) in [6.45, 7) is 4.23. The van der Waals surface area contributed by atoms with Crippen LogP contribution in [0.15, 0.2) is 17.3 Å². The molecule has 19 heavy (non-hydrogen) atoms. The fraction of sp³-hybridized carbons (Fsp3) is 0.385. The molecular weight excluding hydrogens is 265 g/mol. The Labute approximate surface area is 115 Å². The van der Waals surface area contributed by atoms with E-state index in [-0.39, 0.29) is 5.75 Å². The predicted octanol–water partition coefficient (Wildman–Crippen LogP) is 3.32. The van der Waals surface area contributed by atoms with Gasteiger partial charge in [-0.1, -0.05) is 18.7 Å². The van der Waals surface area contributed by atoms with Crippen molar-refractivity contribution in [3.05, 3.63) is 17.9 Å². The second kappa shape index (κ2) is 6.06. The van der Waals surface area contributed by atoms with Gasteiger partial charge in [0.25, 0.3) is 0 Å². The summed E-state index contributed by atoms with van der Waals surface area (Å²) in [5, 5.41) is 4.39. The third-order valence-electron chi connectivity index (χ3n) is 2.55. The number of benzene rings is 1. The molecule has 0 aliphatic rings. The van der Waals surface area contributed by atoms with Crippen molar-refractivity contribution in [3.63, 3.8) is 0 Å². The van der Waals surface area contributed by atoms with Gasteiger partial charge in [0.05, 0.1) is 6.61 Å². The topological polar surface area (TPSA) is 47.0 Å². The number of aromatic nitrogens is 2. The number of thioether (sulfide) groups is 1. The molecule has 0 unspecified atom stereocenters. The van der Waals surface area contributed by atoms with E-state index in [4.69, 9.17) is 4.74 Å². The van der Waals surface area contributed by atoms with E-state index in [0.29, 0.717) is 23.1 Å². The summed E-state index contributed by atoms with van der Waals surface area (Å²) in [4.78, 5) is 8.80. The van der Waals surface area contributed by atoms with Crippen LogP contribution in [0.1, 0.15) is 13.8 Å². The van der Waals surface area contributed by atoms with E-state index in [1.807, 2.05) is 13.8 Å². The normalized spacial score (nSPS) is 10.7. The van der Waals surface area contributed by atoms with Gasteiger partial charge >= 0.3 is 0 Å². The Balaban J connectivity index is 2.71. The van der Waals surface area contributed by atoms with Crippen LogP contribution < -0.4 is 10.1 Å². The zero-order valence-electron chi connectivity index (χ0n) is 11.2. The molecule has 2 rings (SSSR count). The number of nitrogens with one attached hydrogen (secondary N) is 1. The number of ether oxygens (including phenoxy) is 1. The minimum absolute atomic E-state index is 0.192. The Morgan fingerprint density at radius 1 is 1.32 bits per heavy atom. The van der Waals surface area contributed by atoms with Gasteiger partial charge in [0.15, 0.2) is 16.7 Å². The molecule has 0 saturated carbocycles. The molecule has 102 valence electrons. The zero-order chi connectivity index (χ0) is 13.8. The van der Waals surface area contributed by atoms with Crippen LogP contribution in [0.25, 0.3) is 10.9 Å². The number of anilines is 1. The quantitative estimate of drug-likeness (QED) is 0.673. The van der Waals surface area contributed by atoms with Gasteiger partial charge in [-0.15, -0.1) is 0 Å². The van der Waals surface area contributed by atoms with Gasteiger partial charge in [-0.2, -0.15) is 0 Å². The SMILES string of the molecule is CCOc1c(F)ccc2c(NC)nc(SCC)nc12. The van der Waals surface area contributed by atoms with Gasteiger partial charge in [0.2, 0.25) is 0 Å². The van der Waals surface area contributed by atoms with Crippen molar-refractivity contribution in [1.29, 1.82) is 0 Å². The molecule has 0 bridgehead atoms. The first kappa shape index (κ1) is 13.9. The lowest BCUT2D eigenvalue weighted by Gasteiger charge is -2.11. The Hall–Kier alpha value is -1.56. The molecule has 0 fully saturated rings. The number of halogens is 1. The van der Waals surface area contributed by atoms with Crippen LogP contribution in [0, 0.1) is 5.82 Å². The molecule has 1 heterocycles. The number of rotatable bonds is 5. The molecule has 0 aliphatic heterocycles. The van der Waals surface area contributed by atoms with Crippen molar-refractivity contribution in [1.82, 2.24) is 9.97 Å². The number of hydrogen-bond donors (Lipinski definition) is 1. The molecule has 1 aromatic heterocycles. The van der Waals surface area contributed by atoms with Gasteiger partial charge in [-0.25, -0.2) is 14.4 Å². The van der Waals surface area contributed by atoms with Gasteiger partial charge in [-0.3, -0.25) is 0 Å². The van der Waals surface area contributed by atoms with E-state index >= 15 is 0 Å². The maximum Gasteiger partial charge on any atom is 0.190 e. The van der Waals surface area contributed by atoms with Crippen molar-refractivity contribution in [2.24, 2.45) is 0 Å². The second-order valence-electron chi connectivity index (χ2n) is 3.74. The molecule has 2 aromatic rings. The summed E-state index contributed by atoms with van der Waals surface area (Å²) < 4.78 is 19.2. The average molecular weight is 281 g/mol. The Morgan fingerprint density at radius 2 is 2.11 bits per heavy atom. The van der Waals surface area contributed by atoms with Crippen molar-refractivity contribution in [2.45, 2.75) is 19.0 Å². The van der Waals surface area contributed by atoms with E-state index < -0.39 is 5.82 Å². The molecule has 4 nitrogen and oxygen atoms in total. The molecule has 6 heteroatoms. The molecule has 1 N–H and O–H groups in total. The first-order valence-electron chi connectivity index (χ1n) is 6.14. The van der Waals surface area contributed by atoms with Gasteiger partial charge in [0.1, 0.15) is 11.3 Å². The lowest BCUT2D eigenvalue weighted by molar-refractivity contribution is 0.325. The molecule has 0 atom stereocenters. The van der Waals surface area contributed by atoms with Crippen LogP contribution in [0.5, 0.6) is 5.75 Å². The fourth-order valence-electron chi connectivity index (χ4n) is 1.79. The summed E-state index contributed by atoms with van der Waals surface area (Å²) in [6, 6.07) is 3.05. The lowest BCUT2D eigenvalue weighted by atomic mass is 10.2. The highest BCUT2D eigenvalue weighted by Crippen LogP contribution is 2.32. The molecule has 0 amide bonds. The van der Waals surface area contributed by atoms with Crippen LogP contribution in [0.3, 0.4) is 0 Å². The third kappa shape index (κ3) is 2.73. The zero-order valence-corrected chi connectivity index (χ0v) is 12.0. The molecule has 1 aromatic carbocycles. The first-order chi connectivity index (χ1) is 9.21. The van der Waals surface area contributed by atoms with E-state index in [0.717, 1.165) is 11.1 Å². The van der Waals surface area contributed by atoms with E-state index in [1.165, 1.54) is 17.8 Å². The standard InChI is InChI=1S/C13H16FN3OS/c1-4-18-11-9(14)7-6-8-10(11)16-13(19-5-2)17-12(8)15-3/h6-7H,4-5H2,1-3H3,(H,15,16,17). The lowest BCUT2D eigenvalue weighted by Crippen LogP contribution is -2.02. The maximum absolute atomic E-state index is 13.8. The Kier molecular flexibility index (Phi) is 4.42. The van der Waals surface area contributed by atoms with Crippen molar-refractivity contribution < 1.29 is 9.13 Å². The van der Waals surface area contributed by atoms with Crippen LogP contribution in [0.2, 0.25) is 0 Å². The highest BCUT2D eigenvalue weighted by Gasteiger charge is 2.15. The number of fused-ring (bicyclic) bond motifs is 1. The Morgan fingerprint density at radius 3 is 2.74 bits per heavy atom. The molecule has 0 saturated heterocycles. The van der Waals surface area contributed by atoms with Crippen molar-refractivity contribution >= 4 is 28.5 Å².